The molecule has 0 amide bonds. The summed E-state index contributed by atoms with van der Waals surface area (Å²) in [4.78, 5) is 8.51. The van der Waals surface area contributed by atoms with E-state index in [0.717, 1.165) is 16.7 Å². The van der Waals surface area contributed by atoms with Crippen molar-refractivity contribution in [1.82, 2.24) is 14.5 Å². The van der Waals surface area contributed by atoms with Crippen molar-refractivity contribution < 1.29 is 15.3 Å². The van der Waals surface area contributed by atoms with Gasteiger partial charge < -0.3 is 19.9 Å². The summed E-state index contributed by atoms with van der Waals surface area (Å²) >= 11 is 5.90. The summed E-state index contributed by atoms with van der Waals surface area (Å²) in [5, 5.41) is 33.4. The molecule has 136 valence electrons. The average Bonchev–Trinajstić information content (AvgIpc) is 3.18. The van der Waals surface area contributed by atoms with Crippen molar-refractivity contribution in [2.45, 2.75) is 37.7 Å². The van der Waals surface area contributed by atoms with Gasteiger partial charge in [-0.25, -0.2) is 9.97 Å². The van der Waals surface area contributed by atoms with E-state index in [2.05, 4.69) is 9.97 Å². The summed E-state index contributed by atoms with van der Waals surface area (Å²) in [6.45, 7) is 1.90. The average molecular weight is 374 g/mol. The van der Waals surface area contributed by atoms with Crippen molar-refractivity contribution in [2.75, 3.05) is 0 Å². The molecule has 3 aromatic rings. The molecule has 0 bridgehead atoms. The number of hydrogen-bond donors (Lipinski definition) is 3. The molecule has 7 heteroatoms. The highest BCUT2D eigenvalue weighted by atomic mass is 35.5. The van der Waals surface area contributed by atoms with Crippen molar-refractivity contribution in [2.24, 2.45) is 5.92 Å². The number of aliphatic hydroxyl groups is 3. The minimum Gasteiger partial charge on any atom is -0.390 e. The largest absolute Gasteiger partial charge is 0.390 e. The smallest absolute Gasteiger partial charge is 0.143 e. The van der Waals surface area contributed by atoms with Crippen molar-refractivity contribution in [1.29, 1.82) is 0 Å². The number of hydrogen-bond acceptors (Lipinski definition) is 5. The van der Waals surface area contributed by atoms with Gasteiger partial charge in [-0.1, -0.05) is 23.7 Å². The Labute approximate surface area is 155 Å². The summed E-state index contributed by atoms with van der Waals surface area (Å²) in [5.74, 6) is -0.489. The van der Waals surface area contributed by atoms with Gasteiger partial charge in [-0.3, -0.25) is 0 Å². The molecule has 0 radical (unpaired) electrons. The zero-order valence-electron chi connectivity index (χ0n) is 14.2. The van der Waals surface area contributed by atoms with Crippen LogP contribution in [0, 0.1) is 12.8 Å². The Balaban J connectivity index is 1.65. The van der Waals surface area contributed by atoms with E-state index in [1.54, 1.807) is 24.3 Å². The standard InChI is InChI=1S/C19H20ClN3O3/c1-10-13-6-7-23(19(13)22-9-21-10)15-8-14(17(25)18(15)26)16(24)11-2-4-12(20)5-3-11/h2-7,9,14-18,24-26H,8H2,1H3/t14?,15?,16?,17-,18?/m1/s1. The highest BCUT2D eigenvalue weighted by molar-refractivity contribution is 6.30. The molecule has 1 fully saturated rings. The molecule has 4 unspecified atom stereocenters. The van der Waals surface area contributed by atoms with E-state index in [1.165, 1.54) is 6.33 Å². The molecule has 26 heavy (non-hydrogen) atoms. The maximum atomic E-state index is 10.7. The third-order valence-electron chi connectivity index (χ3n) is 5.38. The lowest BCUT2D eigenvalue weighted by Crippen LogP contribution is -2.31. The molecule has 5 atom stereocenters. The Bertz CT molecular complexity index is 927. The molecule has 3 N–H and O–H groups in total. The second-order valence-corrected chi connectivity index (χ2v) is 7.30. The zero-order chi connectivity index (χ0) is 18.4. The van der Waals surface area contributed by atoms with Crippen LogP contribution in [0.4, 0.5) is 0 Å². The normalized spacial score (nSPS) is 27.1. The molecule has 0 aliphatic heterocycles. The van der Waals surface area contributed by atoms with Gasteiger partial charge in [-0.2, -0.15) is 0 Å². The summed E-state index contributed by atoms with van der Waals surface area (Å²) in [7, 11) is 0. The van der Waals surface area contributed by atoms with Crippen LogP contribution in [0.5, 0.6) is 0 Å². The number of rotatable bonds is 3. The predicted molar refractivity (Wildman–Crippen MR) is 97.8 cm³/mol. The van der Waals surface area contributed by atoms with Crippen LogP contribution in [0.1, 0.15) is 29.8 Å². The van der Waals surface area contributed by atoms with E-state index in [4.69, 9.17) is 11.6 Å². The van der Waals surface area contributed by atoms with Gasteiger partial charge >= 0.3 is 0 Å². The number of benzene rings is 1. The van der Waals surface area contributed by atoms with Crippen LogP contribution in [0.25, 0.3) is 11.0 Å². The molecule has 0 saturated heterocycles. The first kappa shape index (κ1) is 17.4. The highest BCUT2D eigenvalue weighted by Gasteiger charge is 2.46. The fourth-order valence-corrected chi connectivity index (χ4v) is 4.03. The predicted octanol–water partition coefficient (Wildman–Crippen LogP) is 2.41. The van der Waals surface area contributed by atoms with Gasteiger partial charge in [-0.05, 0) is 37.1 Å². The number of aromatic nitrogens is 3. The number of nitrogens with zero attached hydrogens (tertiary/aromatic N) is 3. The molecule has 1 aromatic carbocycles. The highest BCUT2D eigenvalue weighted by Crippen LogP contribution is 2.43. The molecule has 6 nitrogen and oxygen atoms in total. The van der Waals surface area contributed by atoms with Crippen LogP contribution in [0.15, 0.2) is 42.9 Å². The summed E-state index contributed by atoms with van der Waals surface area (Å²) < 4.78 is 1.87. The van der Waals surface area contributed by atoms with Crippen LogP contribution in [-0.2, 0) is 0 Å². The lowest BCUT2D eigenvalue weighted by atomic mass is 9.92. The monoisotopic (exact) mass is 373 g/mol. The number of aryl methyl sites for hydroxylation is 1. The SMILES string of the molecule is Cc1ncnc2c1ccn2C1CC(C(O)c2ccc(Cl)cc2)[C@@H](O)C1O. The lowest BCUT2D eigenvalue weighted by molar-refractivity contribution is -0.0264. The molecule has 1 aliphatic rings. The Kier molecular flexibility index (Phi) is 4.44. The first-order valence-corrected chi connectivity index (χ1v) is 8.93. The molecule has 0 spiro atoms. The van der Waals surface area contributed by atoms with Gasteiger partial charge in [-0.15, -0.1) is 0 Å². The Morgan fingerprint density at radius 3 is 2.58 bits per heavy atom. The Hall–Kier alpha value is -1.99. The van der Waals surface area contributed by atoms with Gasteiger partial charge in [0.25, 0.3) is 0 Å². The zero-order valence-corrected chi connectivity index (χ0v) is 15.0. The molecule has 4 rings (SSSR count). The minimum absolute atomic E-state index is 0.372. The van der Waals surface area contributed by atoms with Crippen molar-refractivity contribution in [3.8, 4) is 0 Å². The summed E-state index contributed by atoms with van der Waals surface area (Å²) in [5.41, 5.74) is 2.25. The van der Waals surface area contributed by atoms with Gasteiger partial charge in [0.15, 0.2) is 0 Å². The van der Waals surface area contributed by atoms with E-state index < -0.39 is 24.2 Å². The van der Waals surface area contributed by atoms with Crippen LogP contribution < -0.4 is 0 Å². The summed E-state index contributed by atoms with van der Waals surface area (Å²) in [6, 6.07) is 8.42. The third-order valence-corrected chi connectivity index (χ3v) is 5.63. The Morgan fingerprint density at radius 1 is 1.12 bits per heavy atom. The second-order valence-electron chi connectivity index (χ2n) is 6.86. The number of halogens is 1. The molecular weight excluding hydrogens is 354 g/mol. The maximum Gasteiger partial charge on any atom is 0.143 e. The summed E-state index contributed by atoms with van der Waals surface area (Å²) in [6.07, 6.45) is 0.855. The Morgan fingerprint density at radius 2 is 1.85 bits per heavy atom. The third kappa shape index (κ3) is 2.79. The quantitative estimate of drug-likeness (QED) is 0.655. The molecule has 1 saturated carbocycles. The van der Waals surface area contributed by atoms with Crippen LogP contribution in [0.2, 0.25) is 5.02 Å². The van der Waals surface area contributed by atoms with Gasteiger partial charge in [0.05, 0.1) is 23.9 Å². The van der Waals surface area contributed by atoms with Crippen LogP contribution in [0.3, 0.4) is 0 Å². The minimum atomic E-state index is -1.04. The first-order valence-electron chi connectivity index (χ1n) is 8.55. The van der Waals surface area contributed by atoms with Crippen LogP contribution in [-0.4, -0.2) is 42.1 Å². The molecule has 2 aromatic heterocycles. The van der Waals surface area contributed by atoms with E-state index in [-0.39, 0.29) is 6.04 Å². The first-order chi connectivity index (χ1) is 12.5. The van der Waals surface area contributed by atoms with Crippen LogP contribution >= 0.6 is 11.6 Å². The second kappa shape index (κ2) is 6.63. The number of aliphatic hydroxyl groups excluding tert-OH is 3. The topological polar surface area (TPSA) is 91.4 Å². The number of fused-ring (bicyclic) bond motifs is 1. The van der Waals surface area contributed by atoms with E-state index in [1.807, 2.05) is 23.8 Å². The van der Waals surface area contributed by atoms with Crippen molar-refractivity contribution >= 4 is 22.6 Å². The van der Waals surface area contributed by atoms with Gasteiger partial charge in [0.2, 0.25) is 0 Å². The fourth-order valence-electron chi connectivity index (χ4n) is 3.90. The molecule has 2 heterocycles. The van der Waals surface area contributed by atoms with E-state index in [0.29, 0.717) is 17.0 Å². The van der Waals surface area contributed by atoms with Crippen molar-refractivity contribution in [3.63, 3.8) is 0 Å². The van der Waals surface area contributed by atoms with E-state index in [9.17, 15) is 15.3 Å². The fraction of sp³-hybridized carbons (Fsp3) is 0.368. The van der Waals surface area contributed by atoms with Crippen molar-refractivity contribution in [3.05, 3.63) is 59.1 Å². The van der Waals surface area contributed by atoms with Gasteiger partial charge in [0, 0.05) is 22.5 Å². The maximum absolute atomic E-state index is 10.7. The molecular formula is C19H20ClN3O3. The van der Waals surface area contributed by atoms with Gasteiger partial charge in [0.1, 0.15) is 18.1 Å². The van der Waals surface area contributed by atoms with E-state index >= 15 is 0 Å². The lowest BCUT2D eigenvalue weighted by Gasteiger charge is -2.22. The molecule has 1 aliphatic carbocycles.